The third kappa shape index (κ3) is 3.68. The molecule has 0 aromatic heterocycles. The van der Waals surface area contributed by atoms with E-state index in [4.69, 9.17) is 4.74 Å². The van der Waals surface area contributed by atoms with Gasteiger partial charge in [0.15, 0.2) is 0 Å². The number of carbonyl (C=O) groups excluding carboxylic acids is 1. The van der Waals surface area contributed by atoms with Crippen molar-refractivity contribution in [3.8, 4) is 0 Å². The van der Waals surface area contributed by atoms with Crippen molar-refractivity contribution in [3.05, 3.63) is 34.3 Å². The molecule has 4 nitrogen and oxygen atoms in total. The SMILES string of the molecule is CC[C@@H]1[C@H](c2ccc(Br)cc2)[C@@H]2CN(C)CC[C@H](OC(C)=O)CN12. The summed E-state index contributed by atoms with van der Waals surface area (Å²) in [7, 11) is 2.17. The van der Waals surface area contributed by atoms with Crippen molar-refractivity contribution in [1.82, 2.24) is 9.80 Å². The van der Waals surface area contributed by atoms with Crippen LogP contribution in [-0.2, 0) is 9.53 Å². The van der Waals surface area contributed by atoms with Crippen LogP contribution in [0.3, 0.4) is 0 Å². The number of halogens is 1. The summed E-state index contributed by atoms with van der Waals surface area (Å²) < 4.78 is 6.69. The van der Waals surface area contributed by atoms with E-state index in [1.54, 1.807) is 0 Å². The second kappa shape index (κ2) is 7.54. The molecule has 0 saturated carbocycles. The summed E-state index contributed by atoms with van der Waals surface area (Å²) in [6, 6.07) is 9.80. The molecule has 1 aromatic carbocycles. The van der Waals surface area contributed by atoms with Crippen molar-refractivity contribution in [2.45, 2.75) is 50.8 Å². The molecule has 0 unspecified atom stereocenters. The first-order valence-corrected chi connectivity index (χ1v) is 9.66. The largest absolute Gasteiger partial charge is 0.461 e. The fourth-order valence-electron chi connectivity index (χ4n) is 4.35. The second-order valence-electron chi connectivity index (χ2n) is 7.10. The summed E-state index contributed by atoms with van der Waals surface area (Å²) in [4.78, 5) is 16.4. The molecule has 0 radical (unpaired) electrons. The average Bonchev–Trinajstić information content (AvgIpc) is 2.53. The molecule has 2 aliphatic rings. The topological polar surface area (TPSA) is 32.8 Å². The molecule has 24 heavy (non-hydrogen) atoms. The van der Waals surface area contributed by atoms with Crippen LogP contribution in [0.5, 0.6) is 0 Å². The van der Waals surface area contributed by atoms with Crippen LogP contribution in [-0.4, -0.2) is 60.6 Å². The van der Waals surface area contributed by atoms with Gasteiger partial charge in [-0.05, 0) is 37.6 Å². The van der Waals surface area contributed by atoms with Gasteiger partial charge in [-0.1, -0.05) is 35.0 Å². The Hall–Kier alpha value is -0.910. The molecule has 0 spiro atoms. The highest BCUT2D eigenvalue weighted by Crippen LogP contribution is 2.43. The fraction of sp³-hybridized carbons (Fsp3) is 0.632. The smallest absolute Gasteiger partial charge is 0.302 e. The van der Waals surface area contributed by atoms with Crippen LogP contribution in [0.2, 0.25) is 0 Å². The first kappa shape index (κ1) is 17.9. The molecule has 1 aromatic rings. The zero-order chi connectivity index (χ0) is 17.3. The lowest BCUT2D eigenvalue weighted by molar-refractivity contribution is -0.153. The summed E-state index contributed by atoms with van der Waals surface area (Å²) in [5.41, 5.74) is 1.42. The van der Waals surface area contributed by atoms with Crippen LogP contribution in [0.25, 0.3) is 0 Å². The number of fused-ring (bicyclic) bond motifs is 1. The van der Waals surface area contributed by atoms with Gasteiger partial charge >= 0.3 is 5.97 Å². The van der Waals surface area contributed by atoms with Gasteiger partial charge < -0.3 is 9.64 Å². The predicted molar refractivity (Wildman–Crippen MR) is 99.1 cm³/mol. The van der Waals surface area contributed by atoms with Gasteiger partial charge in [0.05, 0.1) is 0 Å². The van der Waals surface area contributed by atoms with E-state index in [2.05, 4.69) is 64.0 Å². The number of hydrogen-bond donors (Lipinski definition) is 0. The number of likely N-dealkylation sites (N-methyl/N-ethyl adjacent to an activating group) is 1. The van der Waals surface area contributed by atoms with Crippen molar-refractivity contribution in [3.63, 3.8) is 0 Å². The van der Waals surface area contributed by atoms with Crippen molar-refractivity contribution in [1.29, 1.82) is 0 Å². The molecule has 0 N–H and O–H groups in total. The normalized spacial score (nSPS) is 31.5. The summed E-state index contributed by atoms with van der Waals surface area (Å²) >= 11 is 3.53. The highest BCUT2D eigenvalue weighted by molar-refractivity contribution is 9.10. The van der Waals surface area contributed by atoms with Crippen molar-refractivity contribution >= 4 is 21.9 Å². The third-order valence-corrected chi connectivity index (χ3v) is 5.96. The quantitative estimate of drug-likeness (QED) is 0.736. The summed E-state index contributed by atoms with van der Waals surface area (Å²) in [5, 5.41) is 0. The molecule has 0 bridgehead atoms. The van der Waals surface area contributed by atoms with Crippen LogP contribution in [0.4, 0.5) is 0 Å². The maximum Gasteiger partial charge on any atom is 0.302 e. The van der Waals surface area contributed by atoms with Gasteiger partial charge in [0.1, 0.15) is 6.10 Å². The summed E-state index contributed by atoms with van der Waals surface area (Å²) in [5.74, 6) is 0.388. The highest BCUT2D eigenvalue weighted by Gasteiger charge is 2.49. The Morgan fingerprint density at radius 1 is 1.29 bits per heavy atom. The molecule has 2 heterocycles. The predicted octanol–water partition coefficient (Wildman–Crippen LogP) is 3.26. The third-order valence-electron chi connectivity index (χ3n) is 5.43. The van der Waals surface area contributed by atoms with Gasteiger partial charge in [-0.25, -0.2) is 0 Å². The van der Waals surface area contributed by atoms with Crippen molar-refractivity contribution < 1.29 is 9.53 Å². The van der Waals surface area contributed by atoms with Gasteiger partial charge in [0.2, 0.25) is 0 Å². The van der Waals surface area contributed by atoms with Crippen molar-refractivity contribution in [2.75, 3.05) is 26.7 Å². The second-order valence-corrected chi connectivity index (χ2v) is 8.02. The van der Waals surface area contributed by atoms with Crippen LogP contribution in [0.15, 0.2) is 28.7 Å². The number of carbonyl (C=O) groups is 1. The van der Waals surface area contributed by atoms with E-state index in [9.17, 15) is 4.79 Å². The van der Waals surface area contributed by atoms with Crippen LogP contribution >= 0.6 is 15.9 Å². The number of nitrogens with zero attached hydrogens (tertiary/aromatic N) is 2. The standard InChI is InChI=1S/C19H27BrN2O2/c1-4-17-19(14-5-7-15(20)8-6-14)18-12-21(3)10-9-16(11-22(17)18)24-13(2)23/h5-8,16-19H,4,9-12H2,1-3H3/t16-,17+,18-,19-/m0/s1. The first-order valence-electron chi connectivity index (χ1n) is 8.86. The molecule has 4 atom stereocenters. The van der Waals surface area contributed by atoms with E-state index < -0.39 is 0 Å². The Morgan fingerprint density at radius 2 is 2.00 bits per heavy atom. The van der Waals surface area contributed by atoms with E-state index in [1.807, 2.05) is 0 Å². The Morgan fingerprint density at radius 3 is 2.62 bits per heavy atom. The van der Waals surface area contributed by atoms with Gasteiger partial charge in [-0.15, -0.1) is 0 Å². The lowest BCUT2D eigenvalue weighted by Gasteiger charge is -2.58. The van der Waals surface area contributed by atoms with E-state index in [0.717, 1.165) is 36.9 Å². The lowest BCUT2D eigenvalue weighted by Crippen LogP contribution is -2.67. The molecule has 0 amide bonds. The minimum Gasteiger partial charge on any atom is -0.461 e. The van der Waals surface area contributed by atoms with Gasteiger partial charge in [-0.3, -0.25) is 9.69 Å². The molecule has 132 valence electrons. The first-order chi connectivity index (χ1) is 11.5. The monoisotopic (exact) mass is 394 g/mol. The molecular weight excluding hydrogens is 368 g/mol. The number of benzene rings is 1. The Labute approximate surface area is 153 Å². The molecule has 2 fully saturated rings. The summed E-state index contributed by atoms with van der Waals surface area (Å²) in [6.07, 6.45) is 2.04. The van der Waals surface area contributed by atoms with E-state index in [1.165, 1.54) is 12.5 Å². The number of rotatable bonds is 3. The van der Waals surface area contributed by atoms with Crippen LogP contribution < -0.4 is 0 Å². The molecule has 2 aliphatic heterocycles. The lowest BCUT2D eigenvalue weighted by atomic mass is 9.73. The molecule has 2 saturated heterocycles. The zero-order valence-corrected chi connectivity index (χ0v) is 16.3. The zero-order valence-electron chi connectivity index (χ0n) is 14.7. The van der Waals surface area contributed by atoms with E-state index >= 15 is 0 Å². The van der Waals surface area contributed by atoms with Gasteiger partial charge in [-0.2, -0.15) is 0 Å². The fourth-order valence-corrected chi connectivity index (χ4v) is 4.62. The Bertz CT molecular complexity index is 577. The van der Waals surface area contributed by atoms with Crippen LogP contribution in [0, 0.1) is 0 Å². The minimum atomic E-state index is -0.169. The Balaban J connectivity index is 1.81. The number of esters is 1. The van der Waals surface area contributed by atoms with E-state index in [0.29, 0.717) is 18.0 Å². The molecule has 3 rings (SSSR count). The minimum absolute atomic E-state index is 0.00710. The molecule has 5 heteroatoms. The summed E-state index contributed by atoms with van der Waals surface area (Å²) in [6.45, 7) is 6.69. The highest BCUT2D eigenvalue weighted by atomic mass is 79.9. The maximum atomic E-state index is 11.4. The van der Waals surface area contributed by atoms with Gasteiger partial charge in [0.25, 0.3) is 0 Å². The van der Waals surface area contributed by atoms with Crippen molar-refractivity contribution in [2.24, 2.45) is 0 Å². The van der Waals surface area contributed by atoms with Crippen LogP contribution in [0.1, 0.15) is 38.2 Å². The number of ether oxygens (including phenoxy) is 1. The molecular formula is C19H27BrN2O2. The van der Waals surface area contributed by atoms with E-state index in [-0.39, 0.29) is 12.1 Å². The average molecular weight is 395 g/mol. The van der Waals surface area contributed by atoms with Gasteiger partial charge in [0, 0.05) is 49.0 Å². The maximum absolute atomic E-state index is 11.4. The number of hydrogen-bond acceptors (Lipinski definition) is 4. The molecule has 0 aliphatic carbocycles. The Kier molecular flexibility index (Phi) is 5.63.